The summed E-state index contributed by atoms with van der Waals surface area (Å²) in [5.41, 5.74) is 0.651. The standard InChI is InChI=1S/C10H8N6O/c1-16-6-12-9(14-16)10-13-8(15-17-10)7-4-2-3-5-11-7/h2-6H,1H3. The third-order valence-corrected chi connectivity index (χ3v) is 2.11. The van der Waals surface area contributed by atoms with Crippen molar-refractivity contribution in [2.45, 2.75) is 0 Å². The van der Waals surface area contributed by atoms with Gasteiger partial charge in [-0.2, -0.15) is 4.98 Å². The average Bonchev–Trinajstić information content (AvgIpc) is 2.98. The summed E-state index contributed by atoms with van der Waals surface area (Å²) in [5, 5.41) is 7.91. The van der Waals surface area contributed by atoms with E-state index in [0.717, 1.165) is 0 Å². The quantitative estimate of drug-likeness (QED) is 0.648. The summed E-state index contributed by atoms with van der Waals surface area (Å²) < 4.78 is 6.65. The number of rotatable bonds is 2. The lowest BCUT2D eigenvalue weighted by Crippen LogP contribution is -1.88. The van der Waals surface area contributed by atoms with E-state index in [1.165, 1.54) is 0 Å². The molecule has 0 aromatic carbocycles. The van der Waals surface area contributed by atoms with E-state index in [9.17, 15) is 0 Å². The zero-order valence-corrected chi connectivity index (χ0v) is 8.98. The van der Waals surface area contributed by atoms with Gasteiger partial charge in [0, 0.05) is 13.2 Å². The van der Waals surface area contributed by atoms with E-state index in [1.807, 2.05) is 12.1 Å². The predicted molar refractivity (Wildman–Crippen MR) is 57.5 cm³/mol. The number of hydrogen-bond donors (Lipinski definition) is 0. The molecule has 0 bridgehead atoms. The van der Waals surface area contributed by atoms with Crippen LogP contribution in [0.4, 0.5) is 0 Å². The molecule has 0 radical (unpaired) electrons. The van der Waals surface area contributed by atoms with Gasteiger partial charge in [-0.25, -0.2) is 4.98 Å². The van der Waals surface area contributed by atoms with Crippen LogP contribution in [0.1, 0.15) is 0 Å². The number of aromatic nitrogens is 6. The van der Waals surface area contributed by atoms with Crippen molar-refractivity contribution >= 4 is 0 Å². The Morgan fingerprint density at radius 1 is 1.18 bits per heavy atom. The van der Waals surface area contributed by atoms with E-state index in [4.69, 9.17) is 4.52 Å². The number of nitrogens with zero attached hydrogens (tertiary/aromatic N) is 6. The Balaban J connectivity index is 1.99. The summed E-state index contributed by atoms with van der Waals surface area (Å²) in [7, 11) is 1.77. The van der Waals surface area contributed by atoms with Crippen LogP contribution in [0.25, 0.3) is 23.2 Å². The zero-order valence-electron chi connectivity index (χ0n) is 8.98. The second kappa shape index (κ2) is 3.78. The van der Waals surface area contributed by atoms with Crippen LogP contribution in [0.15, 0.2) is 35.2 Å². The molecule has 0 aliphatic rings. The second-order valence-corrected chi connectivity index (χ2v) is 3.38. The summed E-state index contributed by atoms with van der Waals surface area (Å²) in [4.78, 5) is 12.3. The van der Waals surface area contributed by atoms with E-state index in [2.05, 4.69) is 25.2 Å². The maximum absolute atomic E-state index is 5.08. The molecule has 0 saturated heterocycles. The lowest BCUT2D eigenvalue weighted by molar-refractivity contribution is 0.429. The van der Waals surface area contributed by atoms with Crippen molar-refractivity contribution < 1.29 is 4.52 Å². The molecule has 3 rings (SSSR count). The molecule has 3 heterocycles. The maximum Gasteiger partial charge on any atom is 0.297 e. The van der Waals surface area contributed by atoms with Crippen molar-refractivity contribution in [2.24, 2.45) is 7.05 Å². The number of hydrogen-bond acceptors (Lipinski definition) is 6. The molecule has 0 atom stereocenters. The monoisotopic (exact) mass is 228 g/mol. The smallest absolute Gasteiger partial charge is 0.297 e. The highest BCUT2D eigenvalue weighted by molar-refractivity contribution is 5.51. The van der Waals surface area contributed by atoms with Gasteiger partial charge in [-0.15, -0.1) is 5.10 Å². The molecular formula is C10H8N6O. The Hall–Kier alpha value is -2.57. The molecule has 3 aromatic rings. The summed E-state index contributed by atoms with van der Waals surface area (Å²) >= 11 is 0. The fraction of sp³-hybridized carbons (Fsp3) is 0.100. The minimum absolute atomic E-state index is 0.284. The third kappa shape index (κ3) is 1.78. The van der Waals surface area contributed by atoms with Crippen LogP contribution in [0.3, 0.4) is 0 Å². The first-order valence-electron chi connectivity index (χ1n) is 4.94. The highest BCUT2D eigenvalue weighted by Crippen LogP contribution is 2.17. The topological polar surface area (TPSA) is 82.5 Å². The summed E-state index contributed by atoms with van der Waals surface area (Å²) in [5.74, 6) is 1.11. The fourth-order valence-electron chi connectivity index (χ4n) is 1.35. The van der Waals surface area contributed by atoms with Gasteiger partial charge in [0.25, 0.3) is 5.89 Å². The van der Waals surface area contributed by atoms with E-state index in [1.54, 1.807) is 30.3 Å². The summed E-state index contributed by atoms with van der Waals surface area (Å²) in [6, 6.07) is 5.49. The molecule has 0 saturated carbocycles. The SMILES string of the molecule is Cn1cnc(-c2nc(-c3ccccn3)no2)n1. The minimum Gasteiger partial charge on any atom is -0.330 e. The molecule has 0 aliphatic heterocycles. The van der Waals surface area contributed by atoms with Crippen LogP contribution in [-0.4, -0.2) is 29.9 Å². The molecule has 3 aromatic heterocycles. The van der Waals surface area contributed by atoms with Gasteiger partial charge < -0.3 is 4.52 Å². The van der Waals surface area contributed by atoms with Gasteiger partial charge in [-0.1, -0.05) is 11.2 Å². The van der Waals surface area contributed by atoms with Crippen molar-refractivity contribution in [3.8, 4) is 23.2 Å². The van der Waals surface area contributed by atoms with Crippen molar-refractivity contribution in [2.75, 3.05) is 0 Å². The molecule has 0 fully saturated rings. The zero-order chi connectivity index (χ0) is 11.7. The van der Waals surface area contributed by atoms with E-state index >= 15 is 0 Å². The molecule has 84 valence electrons. The highest BCUT2D eigenvalue weighted by atomic mass is 16.5. The normalized spacial score (nSPS) is 10.6. The second-order valence-electron chi connectivity index (χ2n) is 3.38. The summed E-state index contributed by atoms with van der Waals surface area (Å²) in [6.07, 6.45) is 3.24. The summed E-state index contributed by atoms with van der Waals surface area (Å²) in [6.45, 7) is 0. The predicted octanol–water partition coefficient (Wildman–Crippen LogP) is 0.927. The first kappa shape index (κ1) is 9.64. The lowest BCUT2D eigenvalue weighted by atomic mass is 10.3. The van der Waals surface area contributed by atoms with Crippen molar-refractivity contribution in [1.82, 2.24) is 29.9 Å². The van der Waals surface area contributed by atoms with Crippen LogP contribution in [-0.2, 0) is 7.05 Å². The van der Waals surface area contributed by atoms with Gasteiger partial charge >= 0.3 is 0 Å². The van der Waals surface area contributed by atoms with E-state index in [-0.39, 0.29) is 5.89 Å². The van der Waals surface area contributed by atoms with Crippen LogP contribution in [0.2, 0.25) is 0 Å². The van der Waals surface area contributed by atoms with E-state index in [0.29, 0.717) is 17.3 Å². The molecule has 7 heteroatoms. The minimum atomic E-state index is 0.284. The van der Waals surface area contributed by atoms with Crippen LogP contribution >= 0.6 is 0 Å². The largest absolute Gasteiger partial charge is 0.330 e. The van der Waals surface area contributed by atoms with E-state index < -0.39 is 0 Å². The molecule has 0 aliphatic carbocycles. The molecule has 7 nitrogen and oxygen atoms in total. The van der Waals surface area contributed by atoms with Crippen molar-refractivity contribution in [3.05, 3.63) is 30.7 Å². The van der Waals surface area contributed by atoms with Crippen LogP contribution in [0, 0.1) is 0 Å². The van der Waals surface area contributed by atoms with Crippen molar-refractivity contribution in [3.63, 3.8) is 0 Å². The molecule has 0 unspecified atom stereocenters. The Morgan fingerprint density at radius 2 is 2.12 bits per heavy atom. The van der Waals surface area contributed by atoms with Gasteiger partial charge in [0.1, 0.15) is 12.0 Å². The number of aryl methyl sites for hydroxylation is 1. The van der Waals surface area contributed by atoms with Gasteiger partial charge in [-0.3, -0.25) is 9.67 Å². The highest BCUT2D eigenvalue weighted by Gasteiger charge is 2.14. The first-order valence-corrected chi connectivity index (χ1v) is 4.94. The molecular weight excluding hydrogens is 220 g/mol. The third-order valence-electron chi connectivity index (χ3n) is 2.11. The maximum atomic E-state index is 5.08. The Labute approximate surface area is 96.1 Å². The number of pyridine rings is 1. The van der Waals surface area contributed by atoms with Gasteiger partial charge in [0.05, 0.1) is 0 Å². The van der Waals surface area contributed by atoms with Crippen LogP contribution in [0.5, 0.6) is 0 Å². The Kier molecular flexibility index (Phi) is 2.14. The Bertz CT molecular complexity index is 629. The van der Waals surface area contributed by atoms with Gasteiger partial charge in [-0.05, 0) is 12.1 Å². The molecule has 0 spiro atoms. The Morgan fingerprint density at radius 3 is 2.82 bits per heavy atom. The average molecular weight is 228 g/mol. The molecule has 17 heavy (non-hydrogen) atoms. The fourth-order valence-corrected chi connectivity index (χ4v) is 1.35. The molecule has 0 amide bonds. The van der Waals surface area contributed by atoms with Gasteiger partial charge in [0.2, 0.25) is 11.6 Å². The molecule has 0 N–H and O–H groups in total. The van der Waals surface area contributed by atoms with Crippen molar-refractivity contribution in [1.29, 1.82) is 0 Å². The first-order chi connectivity index (χ1) is 8.33. The lowest BCUT2D eigenvalue weighted by Gasteiger charge is -1.89. The van der Waals surface area contributed by atoms with Crippen LogP contribution < -0.4 is 0 Å². The van der Waals surface area contributed by atoms with Gasteiger partial charge in [0.15, 0.2) is 0 Å².